The third-order valence-corrected chi connectivity index (χ3v) is 5.05. The molecule has 0 saturated carbocycles. The molecule has 1 aliphatic rings. The number of hydrogen-bond donors (Lipinski definition) is 2. The number of carbonyl (C=O) groups excluding carboxylic acids is 2. The van der Waals surface area contributed by atoms with E-state index < -0.39 is 11.7 Å². The molecule has 9 heteroatoms. The van der Waals surface area contributed by atoms with Crippen molar-refractivity contribution in [3.8, 4) is 0 Å². The Morgan fingerprint density at radius 1 is 1.24 bits per heavy atom. The molecule has 3 aromatic rings. The molecule has 3 heterocycles. The van der Waals surface area contributed by atoms with Gasteiger partial charge in [-0.2, -0.15) is 5.10 Å². The number of halogens is 1. The van der Waals surface area contributed by atoms with Crippen LogP contribution in [-0.4, -0.2) is 50.4 Å². The monoisotopic (exact) mass is 397 g/mol. The first-order valence-electron chi connectivity index (χ1n) is 9.36. The topological polar surface area (TPSA) is 99.6 Å². The van der Waals surface area contributed by atoms with Crippen molar-refractivity contribution in [1.82, 2.24) is 24.8 Å². The van der Waals surface area contributed by atoms with Gasteiger partial charge in [0, 0.05) is 37.1 Å². The highest BCUT2D eigenvalue weighted by Gasteiger charge is 2.27. The molecule has 0 unspecified atom stereocenters. The van der Waals surface area contributed by atoms with E-state index in [9.17, 15) is 18.8 Å². The van der Waals surface area contributed by atoms with Gasteiger partial charge in [0.15, 0.2) is 5.69 Å². The predicted octanol–water partition coefficient (Wildman–Crippen LogP) is 1.50. The first-order chi connectivity index (χ1) is 13.9. The summed E-state index contributed by atoms with van der Waals surface area (Å²) in [5.41, 5.74) is 0.874. The van der Waals surface area contributed by atoms with Gasteiger partial charge >= 0.3 is 0 Å². The van der Waals surface area contributed by atoms with Crippen molar-refractivity contribution in [3.05, 3.63) is 69.7 Å². The zero-order chi connectivity index (χ0) is 20.5. The smallest absolute Gasteiger partial charge is 0.274 e. The van der Waals surface area contributed by atoms with Crippen molar-refractivity contribution in [2.75, 3.05) is 13.1 Å². The van der Waals surface area contributed by atoms with Crippen molar-refractivity contribution < 1.29 is 14.0 Å². The number of nitrogens with one attached hydrogen (secondary N) is 2. The lowest BCUT2D eigenvalue weighted by Gasteiger charge is -2.32. The molecule has 1 aliphatic heterocycles. The highest BCUT2D eigenvalue weighted by Crippen LogP contribution is 2.15. The summed E-state index contributed by atoms with van der Waals surface area (Å²) in [4.78, 5) is 41.3. The number of nitrogens with zero attached hydrogens (tertiary/aromatic N) is 3. The van der Waals surface area contributed by atoms with Crippen LogP contribution in [-0.2, 0) is 0 Å². The Morgan fingerprint density at radius 2 is 1.97 bits per heavy atom. The molecule has 0 spiro atoms. The van der Waals surface area contributed by atoms with Crippen LogP contribution in [0.15, 0.2) is 41.3 Å². The minimum atomic E-state index is -0.560. The zero-order valence-electron chi connectivity index (χ0n) is 15.8. The second-order valence-corrected chi connectivity index (χ2v) is 7.15. The minimum absolute atomic E-state index is 0.0104. The van der Waals surface area contributed by atoms with Crippen molar-refractivity contribution in [1.29, 1.82) is 0 Å². The third-order valence-electron chi connectivity index (χ3n) is 5.05. The Morgan fingerprint density at radius 3 is 2.69 bits per heavy atom. The van der Waals surface area contributed by atoms with Crippen molar-refractivity contribution >= 4 is 17.3 Å². The number of carbonyl (C=O) groups is 2. The Hall–Kier alpha value is -3.49. The van der Waals surface area contributed by atoms with Gasteiger partial charge < -0.3 is 15.2 Å². The molecule has 2 aromatic heterocycles. The highest BCUT2D eigenvalue weighted by atomic mass is 19.1. The number of piperidine rings is 1. The van der Waals surface area contributed by atoms with Crippen LogP contribution in [0.3, 0.4) is 0 Å². The van der Waals surface area contributed by atoms with Gasteiger partial charge in [-0.3, -0.25) is 14.4 Å². The van der Waals surface area contributed by atoms with Gasteiger partial charge in [0.25, 0.3) is 17.4 Å². The van der Waals surface area contributed by atoms with Crippen LogP contribution in [0.5, 0.6) is 0 Å². The Balaban J connectivity index is 1.40. The molecule has 4 rings (SSSR count). The molecule has 0 aliphatic carbocycles. The average Bonchev–Trinajstić information content (AvgIpc) is 3.12. The molecule has 1 fully saturated rings. The summed E-state index contributed by atoms with van der Waals surface area (Å²) < 4.78 is 15.1. The standard InChI is InChI=1S/C20H20FN5O3/c1-12-11-26-17(19(28)22-12)10-16(24-26)20(29)25-8-6-13(7-9-25)23-18(27)14-4-2-3-5-15(14)21/h2-5,10-11,13H,6-9H2,1H3,(H,22,28)(H,23,27). The van der Waals surface area contributed by atoms with Crippen LogP contribution < -0.4 is 10.9 Å². The lowest BCUT2D eigenvalue weighted by Crippen LogP contribution is -2.46. The third kappa shape index (κ3) is 3.75. The maximum atomic E-state index is 13.7. The van der Waals surface area contributed by atoms with Crippen LogP contribution in [0, 0.1) is 12.7 Å². The van der Waals surface area contributed by atoms with E-state index in [0.717, 1.165) is 0 Å². The van der Waals surface area contributed by atoms with E-state index in [2.05, 4.69) is 15.4 Å². The van der Waals surface area contributed by atoms with Gasteiger partial charge in [0.1, 0.15) is 11.3 Å². The Kier molecular flexibility index (Phi) is 4.87. The number of rotatable bonds is 3. The quantitative estimate of drug-likeness (QED) is 0.700. The fourth-order valence-electron chi connectivity index (χ4n) is 3.52. The minimum Gasteiger partial charge on any atom is -0.349 e. The molecular formula is C20H20FN5O3. The van der Waals surface area contributed by atoms with Crippen LogP contribution in [0.25, 0.3) is 5.52 Å². The second-order valence-electron chi connectivity index (χ2n) is 7.15. The van der Waals surface area contributed by atoms with Crippen LogP contribution >= 0.6 is 0 Å². The lowest BCUT2D eigenvalue weighted by molar-refractivity contribution is 0.0692. The normalized spacial score (nSPS) is 14.9. The molecule has 150 valence electrons. The van der Waals surface area contributed by atoms with E-state index in [0.29, 0.717) is 37.1 Å². The number of aromatic nitrogens is 3. The Bertz CT molecular complexity index is 1140. The fraction of sp³-hybridized carbons (Fsp3) is 0.300. The summed E-state index contributed by atoms with van der Waals surface area (Å²) in [7, 11) is 0. The number of amides is 2. The molecule has 2 N–H and O–H groups in total. The first-order valence-corrected chi connectivity index (χ1v) is 9.36. The average molecular weight is 397 g/mol. The molecule has 8 nitrogen and oxygen atoms in total. The van der Waals surface area contributed by atoms with E-state index in [1.165, 1.54) is 28.8 Å². The lowest BCUT2D eigenvalue weighted by atomic mass is 10.0. The molecule has 1 aromatic carbocycles. The van der Waals surface area contributed by atoms with Crippen molar-refractivity contribution in [2.24, 2.45) is 0 Å². The summed E-state index contributed by atoms with van der Waals surface area (Å²) in [6, 6.07) is 7.17. The van der Waals surface area contributed by atoms with Crippen LogP contribution in [0.2, 0.25) is 0 Å². The summed E-state index contributed by atoms with van der Waals surface area (Å²) in [5.74, 6) is -1.28. The summed E-state index contributed by atoms with van der Waals surface area (Å²) in [6.45, 7) is 2.61. The highest BCUT2D eigenvalue weighted by molar-refractivity contribution is 5.95. The maximum absolute atomic E-state index is 13.7. The van der Waals surface area contributed by atoms with E-state index in [1.54, 1.807) is 24.1 Å². The maximum Gasteiger partial charge on any atom is 0.274 e. The largest absolute Gasteiger partial charge is 0.349 e. The molecule has 2 amide bonds. The molecule has 0 radical (unpaired) electrons. The van der Waals surface area contributed by atoms with Gasteiger partial charge in [-0.1, -0.05) is 12.1 Å². The second kappa shape index (κ2) is 7.50. The van der Waals surface area contributed by atoms with E-state index in [4.69, 9.17) is 0 Å². The van der Waals surface area contributed by atoms with E-state index in [-0.39, 0.29) is 28.8 Å². The summed E-state index contributed by atoms with van der Waals surface area (Å²) in [5, 5.41) is 7.05. The van der Waals surface area contributed by atoms with E-state index in [1.807, 2.05) is 0 Å². The molecule has 0 atom stereocenters. The number of benzene rings is 1. The van der Waals surface area contributed by atoms with Gasteiger partial charge in [-0.15, -0.1) is 0 Å². The van der Waals surface area contributed by atoms with Crippen molar-refractivity contribution in [3.63, 3.8) is 0 Å². The fourth-order valence-corrected chi connectivity index (χ4v) is 3.52. The number of fused-ring (bicyclic) bond motifs is 1. The molecular weight excluding hydrogens is 377 g/mol. The summed E-state index contributed by atoms with van der Waals surface area (Å²) >= 11 is 0. The van der Waals surface area contributed by atoms with Crippen LogP contribution in [0.4, 0.5) is 4.39 Å². The zero-order valence-corrected chi connectivity index (χ0v) is 15.8. The predicted molar refractivity (Wildman–Crippen MR) is 103 cm³/mol. The molecule has 1 saturated heterocycles. The number of hydrogen-bond acceptors (Lipinski definition) is 4. The molecule has 0 bridgehead atoms. The van der Waals surface area contributed by atoms with Gasteiger partial charge in [0.05, 0.1) is 5.56 Å². The Labute approximate surface area is 165 Å². The van der Waals surface area contributed by atoms with Gasteiger partial charge in [-0.25, -0.2) is 8.91 Å². The number of H-pyrrole nitrogens is 1. The number of aryl methyl sites for hydroxylation is 1. The SMILES string of the molecule is Cc1cn2nc(C(=O)N3CCC(NC(=O)c4ccccc4F)CC3)cc2c(=O)[nH]1. The number of aromatic amines is 1. The number of likely N-dealkylation sites (tertiary alicyclic amines) is 1. The van der Waals surface area contributed by atoms with Gasteiger partial charge in [-0.05, 0) is 31.9 Å². The van der Waals surface area contributed by atoms with Crippen molar-refractivity contribution in [2.45, 2.75) is 25.8 Å². The van der Waals surface area contributed by atoms with Crippen LogP contribution in [0.1, 0.15) is 39.4 Å². The van der Waals surface area contributed by atoms with Gasteiger partial charge in [0.2, 0.25) is 0 Å². The summed E-state index contributed by atoms with van der Waals surface area (Å²) in [6.07, 6.45) is 2.76. The molecule has 29 heavy (non-hydrogen) atoms. The van der Waals surface area contributed by atoms with E-state index >= 15 is 0 Å². The first kappa shape index (κ1) is 18.9.